The third kappa shape index (κ3) is 2.49. The first-order valence-electron chi connectivity index (χ1n) is 6.91. The second-order valence-electron chi connectivity index (χ2n) is 5.55. The molecule has 2 unspecified atom stereocenters. The SMILES string of the molecule is N#Cc1cccc(CN2CC3CCCNC3C2)c1F. The number of nitrogens with zero attached hydrogens (tertiary/aromatic N) is 2. The van der Waals surface area contributed by atoms with Gasteiger partial charge in [0.15, 0.2) is 0 Å². The molecule has 0 radical (unpaired) electrons. The van der Waals surface area contributed by atoms with Gasteiger partial charge in [-0.2, -0.15) is 5.26 Å². The van der Waals surface area contributed by atoms with Crippen molar-refractivity contribution in [3.63, 3.8) is 0 Å². The van der Waals surface area contributed by atoms with E-state index in [4.69, 9.17) is 5.26 Å². The fourth-order valence-electron chi connectivity index (χ4n) is 3.29. The molecule has 0 amide bonds. The van der Waals surface area contributed by atoms with E-state index in [0.717, 1.165) is 19.6 Å². The van der Waals surface area contributed by atoms with Crippen molar-refractivity contribution in [2.45, 2.75) is 25.4 Å². The predicted octanol–water partition coefficient (Wildman–Crippen LogP) is 1.88. The van der Waals surface area contributed by atoms with Crippen LogP contribution in [0.4, 0.5) is 4.39 Å². The van der Waals surface area contributed by atoms with Crippen LogP contribution in [0.15, 0.2) is 18.2 Å². The highest BCUT2D eigenvalue weighted by molar-refractivity contribution is 5.35. The van der Waals surface area contributed by atoms with E-state index in [1.54, 1.807) is 12.1 Å². The Hall–Kier alpha value is -1.44. The summed E-state index contributed by atoms with van der Waals surface area (Å²) in [6.45, 7) is 3.73. The minimum atomic E-state index is -0.354. The highest BCUT2D eigenvalue weighted by atomic mass is 19.1. The summed E-state index contributed by atoms with van der Waals surface area (Å²) >= 11 is 0. The van der Waals surface area contributed by atoms with Crippen molar-refractivity contribution in [3.8, 4) is 6.07 Å². The molecule has 3 nitrogen and oxygen atoms in total. The second-order valence-corrected chi connectivity index (χ2v) is 5.55. The summed E-state index contributed by atoms with van der Waals surface area (Å²) in [6, 6.07) is 7.55. The molecule has 2 heterocycles. The van der Waals surface area contributed by atoms with E-state index in [1.807, 2.05) is 6.07 Å². The van der Waals surface area contributed by atoms with Crippen LogP contribution in [0.5, 0.6) is 0 Å². The van der Waals surface area contributed by atoms with Crippen LogP contribution in [0, 0.1) is 23.1 Å². The van der Waals surface area contributed by atoms with E-state index in [1.165, 1.54) is 18.9 Å². The van der Waals surface area contributed by atoms with E-state index in [2.05, 4.69) is 10.2 Å². The molecule has 4 heteroatoms. The number of benzene rings is 1. The first-order valence-corrected chi connectivity index (χ1v) is 6.91. The van der Waals surface area contributed by atoms with Gasteiger partial charge in [0.2, 0.25) is 0 Å². The zero-order chi connectivity index (χ0) is 13.2. The smallest absolute Gasteiger partial charge is 0.145 e. The van der Waals surface area contributed by atoms with Crippen LogP contribution >= 0.6 is 0 Å². The molecule has 1 N–H and O–H groups in total. The molecular weight excluding hydrogens is 241 g/mol. The number of hydrogen-bond acceptors (Lipinski definition) is 3. The number of piperidine rings is 1. The van der Waals surface area contributed by atoms with Crippen LogP contribution in [0.1, 0.15) is 24.0 Å². The maximum atomic E-state index is 14.0. The molecule has 2 saturated heterocycles. The van der Waals surface area contributed by atoms with Gasteiger partial charge in [-0.1, -0.05) is 12.1 Å². The summed E-state index contributed by atoms with van der Waals surface area (Å²) in [5.41, 5.74) is 0.782. The summed E-state index contributed by atoms with van der Waals surface area (Å²) in [7, 11) is 0. The van der Waals surface area contributed by atoms with Crippen molar-refractivity contribution in [2.24, 2.45) is 5.92 Å². The third-order valence-electron chi connectivity index (χ3n) is 4.27. The van der Waals surface area contributed by atoms with Gasteiger partial charge in [0, 0.05) is 31.2 Å². The molecule has 0 bridgehead atoms. The molecular formula is C15H18FN3. The molecule has 0 aliphatic carbocycles. The van der Waals surface area contributed by atoms with Gasteiger partial charge in [0.05, 0.1) is 5.56 Å². The van der Waals surface area contributed by atoms with Crippen molar-refractivity contribution in [1.29, 1.82) is 5.26 Å². The highest BCUT2D eigenvalue weighted by Crippen LogP contribution is 2.26. The number of halogens is 1. The molecule has 0 spiro atoms. The number of hydrogen-bond donors (Lipinski definition) is 1. The molecule has 100 valence electrons. The molecule has 1 aromatic rings. The lowest BCUT2D eigenvalue weighted by molar-refractivity contribution is 0.308. The molecule has 3 rings (SSSR count). The molecule has 0 saturated carbocycles. The zero-order valence-electron chi connectivity index (χ0n) is 10.9. The summed E-state index contributed by atoms with van der Waals surface area (Å²) in [5.74, 6) is 0.351. The maximum Gasteiger partial charge on any atom is 0.145 e. The van der Waals surface area contributed by atoms with Gasteiger partial charge in [-0.05, 0) is 31.4 Å². The van der Waals surface area contributed by atoms with Gasteiger partial charge in [0.25, 0.3) is 0 Å². The summed E-state index contributed by atoms with van der Waals surface area (Å²) in [4.78, 5) is 2.30. The number of likely N-dealkylation sites (tertiary alicyclic amines) is 1. The van der Waals surface area contributed by atoms with Crippen LogP contribution in [0.2, 0.25) is 0 Å². The van der Waals surface area contributed by atoms with E-state index < -0.39 is 0 Å². The van der Waals surface area contributed by atoms with Gasteiger partial charge in [0.1, 0.15) is 11.9 Å². The van der Waals surface area contributed by atoms with Crippen LogP contribution in [-0.2, 0) is 6.54 Å². The number of nitriles is 1. The van der Waals surface area contributed by atoms with Gasteiger partial charge in [-0.15, -0.1) is 0 Å². The molecule has 2 fully saturated rings. The van der Waals surface area contributed by atoms with Crippen LogP contribution in [-0.4, -0.2) is 30.6 Å². The highest BCUT2D eigenvalue weighted by Gasteiger charge is 2.34. The van der Waals surface area contributed by atoms with Crippen molar-refractivity contribution in [1.82, 2.24) is 10.2 Å². The normalized spacial score (nSPS) is 26.9. The maximum absolute atomic E-state index is 14.0. The number of nitrogens with one attached hydrogen (secondary N) is 1. The summed E-state index contributed by atoms with van der Waals surface area (Å²) in [5, 5.41) is 12.4. The fourth-order valence-corrected chi connectivity index (χ4v) is 3.29. The Morgan fingerprint density at radius 1 is 1.42 bits per heavy atom. The first-order chi connectivity index (χ1) is 9.28. The zero-order valence-corrected chi connectivity index (χ0v) is 10.9. The first kappa shape index (κ1) is 12.6. The van der Waals surface area contributed by atoms with Crippen LogP contribution < -0.4 is 5.32 Å². The number of rotatable bonds is 2. The van der Waals surface area contributed by atoms with E-state index in [9.17, 15) is 4.39 Å². The fraction of sp³-hybridized carbons (Fsp3) is 0.533. The van der Waals surface area contributed by atoms with Crippen molar-refractivity contribution >= 4 is 0 Å². The molecule has 0 aromatic heterocycles. The third-order valence-corrected chi connectivity index (χ3v) is 4.27. The van der Waals surface area contributed by atoms with Crippen LogP contribution in [0.3, 0.4) is 0 Å². The Balaban J connectivity index is 1.71. The number of fused-ring (bicyclic) bond motifs is 1. The summed E-state index contributed by atoms with van der Waals surface area (Å²) < 4.78 is 14.0. The molecule has 19 heavy (non-hydrogen) atoms. The largest absolute Gasteiger partial charge is 0.312 e. The molecule has 2 aliphatic rings. The quantitative estimate of drug-likeness (QED) is 0.881. The average molecular weight is 259 g/mol. The monoisotopic (exact) mass is 259 g/mol. The Kier molecular flexibility index (Phi) is 3.50. The lowest BCUT2D eigenvalue weighted by Gasteiger charge is -2.24. The van der Waals surface area contributed by atoms with Gasteiger partial charge in [-0.25, -0.2) is 4.39 Å². The molecule has 2 atom stereocenters. The topological polar surface area (TPSA) is 39.1 Å². The minimum Gasteiger partial charge on any atom is -0.312 e. The standard InChI is InChI=1S/C15H18FN3/c16-15-11(7-17)3-1-4-13(15)9-19-8-12-5-2-6-18-14(12)10-19/h1,3-4,12,14,18H,2,5-6,8-10H2. The van der Waals surface area contributed by atoms with Gasteiger partial charge >= 0.3 is 0 Å². The van der Waals surface area contributed by atoms with E-state index in [-0.39, 0.29) is 11.4 Å². The van der Waals surface area contributed by atoms with Crippen molar-refractivity contribution in [3.05, 3.63) is 35.1 Å². The van der Waals surface area contributed by atoms with Gasteiger partial charge < -0.3 is 5.32 Å². The summed E-state index contributed by atoms with van der Waals surface area (Å²) in [6.07, 6.45) is 2.52. The van der Waals surface area contributed by atoms with Crippen molar-refractivity contribution < 1.29 is 4.39 Å². The van der Waals surface area contributed by atoms with E-state index in [0.29, 0.717) is 24.1 Å². The Morgan fingerprint density at radius 2 is 2.32 bits per heavy atom. The van der Waals surface area contributed by atoms with Gasteiger partial charge in [-0.3, -0.25) is 4.90 Å². The Morgan fingerprint density at radius 3 is 3.11 bits per heavy atom. The van der Waals surface area contributed by atoms with E-state index >= 15 is 0 Å². The Labute approximate surface area is 113 Å². The molecule has 2 aliphatic heterocycles. The van der Waals surface area contributed by atoms with Crippen LogP contribution in [0.25, 0.3) is 0 Å². The molecule has 1 aromatic carbocycles. The minimum absolute atomic E-state index is 0.146. The predicted molar refractivity (Wildman–Crippen MR) is 70.9 cm³/mol. The second kappa shape index (κ2) is 5.28. The average Bonchev–Trinajstić information content (AvgIpc) is 2.83. The lowest BCUT2D eigenvalue weighted by atomic mass is 9.94. The lowest BCUT2D eigenvalue weighted by Crippen LogP contribution is -2.40. The van der Waals surface area contributed by atoms with Crippen molar-refractivity contribution in [2.75, 3.05) is 19.6 Å². The Bertz CT molecular complexity index is 495.